The van der Waals surface area contributed by atoms with Crippen LogP contribution in [0.5, 0.6) is 0 Å². The van der Waals surface area contributed by atoms with Crippen molar-refractivity contribution in [3.8, 4) is 0 Å². The van der Waals surface area contributed by atoms with Gasteiger partial charge in [-0.15, -0.1) is 0 Å². The zero-order valence-corrected chi connectivity index (χ0v) is 19.3. The topological polar surface area (TPSA) is 64.8 Å². The van der Waals surface area contributed by atoms with E-state index in [1.165, 1.54) is 37.7 Å². The van der Waals surface area contributed by atoms with Crippen molar-refractivity contribution in [3.63, 3.8) is 0 Å². The van der Waals surface area contributed by atoms with E-state index in [-0.39, 0.29) is 18.1 Å². The van der Waals surface area contributed by atoms with Gasteiger partial charge in [-0.1, -0.05) is 62.4 Å². The van der Waals surface area contributed by atoms with Gasteiger partial charge in [-0.3, -0.25) is 4.79 Å². The van der Waals surface area contributed by atoms with E-state index >= 15 is 0 Å². The minimum Gasteiger partial charge on any atom is -0.385 e. The molecule has 1 amide bonds. The molecule has 2 N–H and O–H groups in total. The van der Waals surface area contributed by atoms with Crippen LogP contribution in [0.25, 0.3) is 0 Å². The summed E-state index contributed by atoms with van der Waals surface area (Å²) in [4.78, 5) is 15.1. The van der Waals surface area contributed by atoms with Gasteiger partial charge in [0.15, 0.2) is 0 Å². The fourth-order valence-corrected chi connectivity index (χ4v) is 5.33. The highest BCUT2D eigenvalue weighted by molar-refractivity contribution is 5.77. The first-order chi connectivity index (χ1) is 15.2. The zero-order chi connectivity index (χ0) is 21.9. The second kappa shape index (κ2) is 13.2. The SMILES string of the molecule is COCCCO[C@@H](c1ccccc1)[C@@H]1CCCN(C(=O)C[C@H](N)CC2CCCCC2)C1. The molecule has 1 aliphatic heterocycles. The molecule has 5 heteroatoms. The first kappa shape index (κ1) is 24.2. The third-order valence-corrected chi connectivity index (χ3v) is 6.95. The first-order valence-corrected chi connectivity index (χ1v) is 12.4. The Morgan fingerprint density at radius 3 is 2.61 bits per heavy atom. The van der Waals surface area contributed by atoms with Crippen molar-refractivity contribution in [1.29, 1.82) is 0 Å². The Morgan fingerprint density at radius 2 is 1.87 bits per heavy atom. The van der Waals surface area contributed by atoms with Gasteiger partial charge in [0.1, 0.15) is 0 Å². The minimum absolute atomic E-state index is 0.00816. The van der Waals surface area contributed by atoms with Crippen molar-refractivity contribution < 1.29 is 14.3 Å². The summed E-state index contributed by atoms with van der Waals surface area (Å²) in [6.07, 6.45) is 11.1. The number of rotatable bonds is 11. The number of nitrogens with zero attached hydrogens (tertiary/aromatic N) is 1. The van der Waals surface area contributed by atoms with Crippen LogP contribution in [0.1, 0.15) is 75.9 Å². The van der Waals surface area contributed by atoms with Crippen molar-refractivity contribution >= 4 is 5.91 Å². The summed E-state index contributed by atoms with van der Waals surface area (Å²) in [5.41, 5.74) is 7.61. The molecule has 1 aromatic carbocycles. The molecule has 1 saturated heterocycles. The zero-order valence-electron chi connectivity index (χ0n) is 19.3. The number of benzene rings is 1. The number of piperidine rings is 1. The van der Waals surface area contributed by atoms with Gasteiger partial charge >= 0.3 is 0 Å². The van der Waals surface area contributed by atoms with E-state index in [2.05, 4.69) is 24.3 Å². The van der Waals surface area contributed by atoms with Gasteiger partial charge in [0.25, 0.3) is 0 Å². The summed E-state index contributed by atoms with van der Waals surface area (Å²) in [6, 6.07) is 10.4. The number of carbonyl (C=O) groups is 1. The lowest BCUT2D eigenvalue weighted by Gasteiger charge is -2.37. The maximum atomic E-state index is 13.0. The smallest absolute Gasteiger partial charge is 0.224 e. The van der Waals surface area contributed by atoms with Gasteiger partial charge in [-0.25, -0.2) is 0 Å². The molecule has 1 aliphatic carbocycles. The van der Waals surface area contributed by atoms with E-state index < -0.39 is 0 Å². The van der Waals surface area contributed by atoms with Crippen LogP contribution >= 0.6 is 0 Å². The van der Waals surface area contributed by atoms with Crippen LogP contribution < -0.4 is 5.73 Å². The summed E-state index contributed by atoms with van der Waals surface area (Å²) in [5, 5.41) is 0. The third-order valence-electron chi connectivity index (χ3n) is 6.95. The van der Waals surface area contributed by atoms with Crippen molar-refractivity contribution in [2.45, 2.75) is 76.4 Å². The standard InChI is InChI=1S/C26H42N2O3/c1-30-16-9-17-31-26(22-12-6-3-7-13-22)23-14-8-15-28(20-23)25(29)19-24(27)18-21-10-4-2-5-11-21/h3,6-7,12-13,21,23-24,26H,2,4-5,8-11,14-20,27H2,1H3/t23-,24-,26+/m1/s1. The van der Waals surface area contributed by atoms with E-state index in [9.17, 15) is 4.79 Å². The average Bonchev–Trinajstić information content (AvgIpc) is 2.80. The number of likely N-dealkylation sites (tertiary alicyclic amines) is 1. The number of amides is 1. The van der Waals surface area contributed by atoms with E-state index in [1.54, 1.807) is 7.11 Å². The summed E-state index contributed by atoms with van der Waals surface area (Å²) < 4.78 is 11.5. The van der Waals surface area contributed by atoms with E-state index in [4.69, 9.17) is 15.2 Å². The molecule has 2 aliphatic rings. The molecule has 3 atom stereocenters. The van der Waals surface area contributed by atoms with Crippen molar-refractivity contribution in [1.82, 2.24) is 4.90 Å². The molecule has 5 nitrogen and oxygen atoms in total. The molecule has 3 rings (SSSR count). The Morgan fingerprint density at radius 1 is 1.10 bits per heavy atom. The fourth-order valence-electron chi connectivity index (χ4n) is 5.33. The van der Waals surface area contributed by atoms with E-state index in [0.717, 1.165) is 38.8 Å². The molecule has 0 radical (unpaired) electrons. The minimum atomic E-state index is -0.00816. The van der Waals surface area contributed by atoms with Gasteiger partial charge in [-0.05, 0) is 37.2 Å². The maximum Gasteiger partial charge on any atom is 0.224 e. The van der Waals surface area contributed by atoms with Crippen molar-refractivity contribution in [3.05, 3.63) is 35.9 Å². The number of hydrogen-bond acceptors (Lipinski definition) is 4. The average molecular weight is 431 g/mol. The first-order valence-electron chi connectivity index (χ1n) is 12.4. The molecule has 1 heterocycles. The molecular weight excluding hydrogens is 388 g/mol. The van der Waals surface area contributed by atoms with Crippen LogP contribution in [0.3, 0.4) is 0 Å². The number of ether oxygens (including phenoxy) is 2. The molecule has 31 heavy (non-hydrogen) atoms. The van der Waals surface area contributed by atoms with Gasteiger partial charge in [0.2, 0.25) is 5.91 Å². The van der Waals surface area contributed by atoms with Crippen LogP contribution in [0.2, 0.25) is 0 Å². The van der Waals surface area contributed by atoms with E-state index in [0.29, 0.717) is 31.5 Å². The Kier molecular flexibility index (Phi) is 10.3. The highest BCUT2D eigenvalue weighted by atomic mass is 16.5. The third kappa shape index (κ3) is 7.89. The van der Waals surface area contributed by atoms with Gasteiger partial charge < -0.3 is 20.1 Å². The van der Waals surface area contributed by atoms with Crippen molar-refractivity contribution in [2.75, 3.05) is 33.4 Å². The highest BCUT2D eigenvalue weighted by Gasteiger charge is 2.31. The summed E-state index contributed by atoms with van der Waals surface area (Å²) in [7, 11) is 1.72. The predicted octanol–water partition coefficient (Wildman–Crippen LogP) is 4.71. The van der Waals surface area contributed by atoms with E-state index in [1.807, 2.05) is 11.0 Å². The summed E-state index contributed by atoms with van der Waals surface area (Å²) >= 11 is 0. The van der Waals surface area contributed by atoms with Crippen LogP contribution in [-0.4, -0.2) is 50.3 Å². The van der Waals surface area contributed by atoms with Crippen LogP contribution in [0, 0.1) is 11.8 Å². The molecule has 0 bridgehead atoms. The fraction of sp³-hybridized carbons (Fsp3) is 0.731. The number of methoxy groups -OCH3 is 1. The molecule has 2 fully saturated rings. The monoisotopic (exact) mass is 430 g/mol. The molecule has 0 spiro atoms. The van der Waals surface area contributed by atoms with Crippen LogP contribution in [-0.2, 0) is 14.3 Å². The molecule has 1 saturated carbocycles. The number of carbonyl (C=O) groups excluding carboxylic acids is 1. The molecule has 1 aromatic rings. The van der Waals surface area contributed by atoms with Crippen LogP contribution in [0.15, 0.2) is 30.3 Å². The lowest BCUT2D eigenvalue weighted by molar-refractivity contribution is -0.135. The Labute approximate surface area is 188 Å². The summed E-state index contributed by atoms with van der Waals surface area (Å²) in [6.45, 7) is 2.98. The Balaban J connectivity index is 1.55. The van der Waals surface area contributed by atoms with Gasteiger partial charge in [0, 0.05) is 51.8 Å². The second-order valence-electron chi connectivity index (χ2n) is 9.49. The largest absolute Gasteiger partial charge is 0.385 e. The van der Waals surface area contributed by atoms with Crippen LogP contribution in [0.4, 0.5) is 0 Å². The lowest BCUT2D eigenvalue weighted by Crippen LogP contribution is -2.44. The number of nitrogens with two attached hydrogens (primary N) is 1. The normalized spacial score (nSPS) is 22.3. The number of hydrogen-bond donors (Lipinski definition) is 1. The Hall–Kier alpha value is -1.43. The molecule has 0 unspecified atom stereocenters. The quantitative estimate of drug-likeness (QED) is 0.517. The molecular formula is C26H42N2O3. The maximum absolute atomic E-state index is 13.0. The second-order valence-corrected chi connectivity index (χ2v) is 9.49. The Bertz CT molecular complexity index is 633. The molecule has 174 valence electrons. The van der Waals surface area contributed by atoms with Gasteiger partial charge in [0.05, 0.1) is 6.10 Å². The van der Waals surface area contributed by atoms with Crippen molar-refractivity contribution in [2.24, 2.45) is 17.6 Å². The van der Waals surface area contributed by atoms with Gasteiger partial charge in [-0.2, -0.15) is 0 Å². The highest BCUT2D eigenvalue weighted by Crippen LogP contribution is 2.33. The summed E-state index contributed by atoms with van der Waals surface area (Å²) in [5.74, 6) is 1.25. The lowest BCUT2D eigenvalue weighted by atomic mass is 9.84. The molecule has 0 aromatic heterocycles. The predicted molar refractivity (Wildman–Crippen MR) is 125 cm³/mol.